The molecule has 2 aliphatic rings. The summed E-state index contributed by atoms with van der Waals surface area (Å²) >= 11 is 0. The Balaban J connectivity index is 1.28. The second-order valence-corrected chi connectivity index (χ2v) is 15.6. The molecule has 1 aromatic heterocycles. The van der Waals surface area contributed by atoms with Gasteiger partial charge in [-0.1, -0.05) is 94.8 Å². The lowest BCUT2D eigenvalue weighted by atomic mass is 9.49. The van der Waals surface area contributed by atoms with Gasteiger partial charge in [-0.25, -0.2) is 9.78 Å². The fourth-order valence-corrected chi connectivity index (χ4v) is 9.15. The number of rotatable bonds is 10. The highest BCUT2D eigenvalue weighted by Gasteiger charge is 2.52. The second kappa shape index (κ2) is 13.7. The molecule has 0 spiro atoms. The topological polar surface area (TPSA) is 93.4 Å². The molecule has 264 valence electrons. The normalized spacial score (nSPS) is 21.3. The van der Waals surface area contributed by atoms with Gasteiger partial charge in [-0.05, 0) is 106 Å². The van der Waals surface area contributed by atoms with E-state index in [-0.39, 0.29) is 16.7 Å². The van der Waals surface area contributed by atoms with Gasteiger partial charge in [0.2, 0.25) is 5.91 Å². The van der Waals surface area contributed by atoms with Gasteiger partial charge < -0.3 is 19.7 Å². The fraction of sp³-hybridized carbons (Fsp3) is 0.386. The number of carboxylic acid groups (broad SMARTS) is 1. The first-order valence-electron chi connectivity index (χ1n) is 18.4. The van der Waals surface area contributed by atoms with Crippen LogP contribution in [0.2, 0.25) is 0 Å². The molecule has 0 saturated heterocycles. The third-order valence-electron chi connectivity index (χ3n) is 11.7. The summed E-state index contributed by atoms with van der Waals surface area (Å²) in [5.74, 6) is 1.35. The van der Waals surface area contributed by atoms with Crippen molar-refractivity contribution in [1.82, 2.24) is 14.9 Å². The van der Waals surface area contributed by atoms with Crippen molar-refractivity contribution in [2.75, 3.05) is 6.61 Å². The van der Waals surface area contributed by atoms with Crippen LogP contribution in [0.1, 0.15) is 88.5 Å². The van der Waals surface area contributed by atoms with E-state index in [1.165, 1.54) is 37.3 Å². The van der Waals surface area contributed by atoms with Gasteiger partial charge in [-0.15, -0.1) is 0 Å². The molecule has 1 fully saturated rings. The maximum atomic E-state index is 11.4. The number of carbonyl (C=O) groups is 2. The van der Waals surface area contributed by atoms with Crippen LogP contribution in [0.5, 0.6) is 5.75 Å². The molecule has 0 bridgehead atoms. The maximum Gasteiger partial charge on any atom is 0.341 e. The van der Waals surface area contributed by atoms with E-state index in [1.807, 2.05) is 18.2 Å². The number of aliphatic carboxylic acids is 1. The van der Waals surface area contributed by atoms with Gasteiger partial charge in [-0.3, -0.25) is 4.79 Å². The van der Waals surface area contributed by atoms with Gasteiger partial charge >= 0.3 is 5.97 Å². The molecule has 0 unspecified atom stereocenters. The van der Waals surface area contributed by atoms with E-state index in [2.05, 4.69) is 98.2 Å². The first-order chi connectivity index (χ1) is 24.4. The van der Waals surface area contributed by atoms with Crippen LogP contribution in [0, 0.1) is 11.3 Å². The highest BCUT2D eigenvalue weighted by molar-refractivity contribution is 5.86. The van der Waals surface area contributed by atoms with Crippen LogP contribution < -0.4 is 10.1 Å². The Labute approximate surface area is 301 Å². The van der Waals surface area contributed by atoms with Gasteiger partial charge in [0.15, 0.2) is 6.61 Å². The molecule has 5 aromatic rings. The summed E-state index contributed by atoms with van der Waals surface area (Å²) in [5, 5.41) is 12.1. The van der Waals surface area contributed by atoms with Crippen molar-refractivity contribution in [3.63, 3.8) is 0 Å². The largest absolute Gasteiger partial charge is 0.482 e. The van der Waals surface area contributed by atoms with Crippen molar-refractivity contribution in [1.29, 1.82) is 0 Å². The van der Waals surface area contributed by atoms with Gasteiger partial charge in [-0.2, -0.15) is 0 Å². The van der Waals surface area contributed by atoms with E-state index in [0.29, 0.717) is 24.1 Å². The van der Waals surface area contributed by atoms with Crippen molar-refractivity contribution in [3.8, 4) is 28.3 Å². The lowest BCUT2D eigenvalue weighted by Crippen LogP contribution is -2.50. The number of carboxylic acids is 1. The van der Waals surface area contributed by atoms with E-state index < -0.39 is 12.6 Å². The zero-order valence-electron chi connectivity index (χ0n) is 30.5. The molecule has 7 nitrogen and oxygen atoms in total. The number of amides is 1. The van der Waals surface area contributed by atoms with Crippen LogP contribution >= 0.6 is 0 Å². The predicted molar refractivity (Wildman–Crippen MR) is 203 cm³/mol. The molecule has 7 heteroatoms. The summed E-state index contributed by atoms with van der Waals surface area (Å²) in [4.78, 5) is 28.0. The number of ether oxygens (including phenoxy) is 1. The molecule has 2 N–H and O–H groups in total. The number of hydrogen-bond acceptors (Lipinski definition) is 4. The summed E-state index contributed by atoms with van der Waals surface area (Å²) in [6.07, 6.45) is 5.81. The van der Waals surface area contributed by atoms with E-state index >= 15 is 0 Å². The Hall–Kier alpha value is -4.91. The molecule has 4 aromatic carbocycles. The van der Waals surface area contributed by atoms with Gasteiger partial charge in [0.05, 0.1) is 11.0 Å². The highest BCUT2D eigenvalue weighted by Crippen LogP contribution is 2.58. The standard InChI is InChI=1S/C44H49N3O4/c1-28(2)32-14-17-37-34(22-32)16-19-40-43(4,20-7-21-44(37,40)5)27-47-39-18-15-33(31-12-10-30(11-13-31)25-45-29(3)48)24-38(39)46-42(47)35-8-6-9-36(23-35)51-26-41(49)50/h6,8-15,17-18,22-24,28,40H,7,16,19-21,25-27H2,1-5H3,(H,45,48)(H,49,50)/t40-,43+,44+/m0/s1. The summed E-state index contributed by atoms with van der Waals surface area (Å²) in [7, 11) is 0. The number of carbonyl (C=O) groups excluding carboxylic acids is 1. The first kappa shape index (κ1) is 34.5. The lowest BCUT2D eigenvalue weighted by molar-refractivity contribution is -0.139. The van der Waals surface area contributed by atoms with Crippen molar-refractivity contribution in [2.24, 2.45) is 11.3 Å². The average Bonchev–Trinajstić information content (AvgIpc) is 3.46. The highest BCUT2D eigenvalue weighted by atomic mass is 16.5. The number of imidazole rings is 1. The monoisotopic (exact) mass is 683 g/mol. The molecule has 1 amide bonds. The SMILES string of the molecule is CC(=O)NCc1ccc(-c2ccc3c(c2)nc(-c2cccc(OCC(=O)O)c2)n3C[C@@]2(C)CCC[C@]3(C)c4ccc(C(C)C)cc4CC[C@@H]23)cc1. The van der Waals surface area contributed by atoms with E-state index in [4.69, 9.17) is 9.72 Å². The van der Waals surface area contributed by atoms with Gasteiger partial charge in [0, 0.05) is 25.6 Å². The molecule has 0 aliphatic heterocycles. The van der Waals surface area contributed by atoms with Crippen LogP contribution in [0.4, 0.5) is 0 Å². The van der Waals surface area contributed by atoms with Gasteiger partial charge in [0.25, 0.3) is 0 Å². The van der Waals surface area contributed by atoms with Crippen molar-refractivity contribution in [2.45, 2.75) is 91.1 Å². The molecular formula is C44H49N3O4. The minimum Gasteiger partial charge on any atom is -0.482 e. The predicted octanol–water partition coefficient (Wildman–Crippen LogP) is 9.30. The lowest BCUT2D eigenvalue weighted by Gasteiger charge is -2.56. The summed E-state index contributed by atoms with van der Waals surface area (Å²) in [5.41, 5.74) is 10.7. The van der Waals surface area contributed by atoms with Crippen LogP contribution in [0.3, 0.4) is 0 Å². The smallest absolute Gasteiger partial charge is 0.341 e. The number of aryl methyl sites for hydroxylation is 1. The second-order valence-electron chi connectivity index (χ2n) is 15.6. The number of nitrogens with one attached hydrogen (secondary N) is 1. The molecule has 51 heavy (non-hydrogen) atoms. The van der Waals surface area contributed by atoms with Crippen molar-refractivity contribution < 1.29 is 19.4 Å². The van der Waals surface area contributed by atoms with E-state index in [1.54, 1.807) is 11.6 Å². The van der Waals surface area contributed by atoms with E-state index in [0.717, 1.165) is 58.5 Å². The molecule has 0 radical (unpaired) electrons. The Morgan fingerprint density at radius 3 is 2.49 bits per heavy atom. The Bertz CT molecular complexity index is 2100. The minimum absolute atomic E-state index is 0.0314. The van der Waals surface area contributed by atoms with Crippen molar-refractivity contribution in [3.05, 3.63) is 107 Å². The maximum absolute atomic E-state index is 11.4. The first-order valence-corrected chi connectivity index (χ1v) is 18.4. The summed E-state index contributed by atoms with van der Waals surface area (Å²) in [6, 6.07) is 29.8. The number of fused-ring (bicyclic) bond motifs is 4. The minimum atomic E-state index is -1.01. The zero-order chi connectivity index (χ0) is 35.9. The quantitative estimate of drug-likeness (QED) is 0.153. The van der Waals surface area contributed by atoms with Crippen LogP contribution in [0.25, 0.3) is 33.5 Å². The molecule has 1 heterocycles. The summed E-state index contributed by atoms with van der Waals surface area (Å²) < 4.78 is 8.02. The third-order valence-corrected chi connectivity index (χ3v) is 11.7. The van der Waals surface area contributed by atoms with E-state index in [9.17, 15) is 14.7 Å². The molecule has 7 rings (SSSR count). The number of benzene rings is 4. The Morgan fingerprint density at radius 1 is 0.961 bits per heavy atom. The third kappa shape index (κ3) is 6.78. The molecule has 2 aliphatic carbocycles. The Kier molecular flexibility index (Phi) is 9.25. The molecule has 1 saturated carbocycles. The molecule has 3 atom stereocenters. The summed E-state index contributed by atoms with van der Waals surface area (Å²) in [6.45, 7) is 12.0. The Morgan fingerprint density at radius 2 is 1.75 bits per heavy atom. The number of nitrogens with zero attached hydrogens (tertiary/aromatic N) is 2. The molecular weight excluding hydrogens is 635 g/mol. The van der Waals surface area contributed by atoms with Crippen LogP contribution in [-0.2, 0) is 34.5 Å². The number of hydrogen-bond donors (Lipinski definition) is 2. The fourth-order valence-electron chi connectivity index (χ4n) is 9.15. The van der Waals surface area contributed by atoms with Crippen molar-refractivity contribution >= 4 is 22.9 Å². The van der Waals surface area contributed by atoms with Crippen LogP contribution in [0.15, 0.2) is 84.9 Å². The number of aromatic nitrogens is 2. The zero-order valence-corrected chi connectivity index (χ0v) is 30.5. The van der Waals surface area contributed by atoms with Gasteiger partial charge in [0.1, 0.15) is 11.6 Å². The van der Waals surface area contributed by atoms with Crippen LogP contribution in [-0.4, -0.2) is 33.1 Å². The average molecular weight is 684 g/mol.